The zero-order valence-electron chi connectivity index (χ0n) is 14.1. The van der Waals surface area contributed by atoms with Gasteiger partial charge in [0.1, 0.15) is 5.76 Å². The Labute approximate surface area is 149 Å². The highest BCUT2D eigenvalue weighted by molar-refractivity contribution is 5.78. The van der Waals surface area contributed by atoms with Gasteiger partial charge in [-0.15, -0.1) is 0 Å². The lowest BCUT2D eigenvalue weighted by Gasteiger charge is -2.05. The molecule has 26 heavy (non-hydrogen) atoms. The number of hydrogen-bond donors (Lipinski definition) is 1. The molecule has 0 unspecified atom stereocenters. The molecular formula is C19H17N3O4. The van der Waals surface area contributed by atoms with Crippen LogP contribution in [-0.4, -0.2) is 15.8 Å². The van der Waals surface area contributed by atoms with Gasteiger partial charge in [-0.25, -0.2) is 4.98 Å². The van der Waals surface area contributed by atoms with Gasteiger partial charge in [-0.1, -0.05) is 36.4 Å². The number of amides is 1. The number of nitro groups is 1. The molecule has 1 amide bonds. The Bertz CT molecular complexity index is 935. The quantitative estimate of drug-likeness (QED) is 0.542. The van der Waals surface area contributed by atoms with Gasteiger partial charge in [0.05, 0.1) is 17.0 Å². The summed E-state index contributed by atoms with van der Waals surface area (Å²) < 4.78 is 5.63. The smallest absolute Gasteiger partial charge is 0.274 e. The molecule has 0 radical (unpaired) electrons. The van der Waals surface area contributed by atoms with Crippen LogP contribution in [0.1, 0.15) is 17.0 Å². The van der Waals surface area contributed by atoms with Gasteiger partial charge in [-0.3, -0.25) is 14.9 Å². The number of nitro benzene ring substituents is 1. The number of hydrogen-bond acceptors (Lipinski definition) is 5. The predicted molar refractivity (Wildman–Crippen MR) is 95.3 cm³/mol. The summed E-state index contributed by atoms with van der Waals surface area (Å²) in [6.07, 6.45) is 0.0444. The van der Waals surface area contributed by atoms with Crippen LogP contribution in [0.3, 0.4) is 0 Å². The second kappa shape index (κ2) is 7.60. The highest BCUT2D eigenvalue weighted by Crippen LogP contribution is 2.22. The molecule has 0 saturated heterocycles. The standard InChI is InChI=1S/C19H17N3O4/c1-13-16(21-19(26-13)14-7-3-2-4-8-14)11-18(23)20-12-15-9-5-6-10-17(15)22(24)25/h2-10H,11-12H2,1H3,(H,20,23). The van der Waals surface area contributed by atoms with Gasteiger partial charge < -0.3 is 9.73 Å². The van der Waals surface area contributed by atoms with Crippen LogP contribution < -0.4 is 5.32 Å². The molecule has 0 fully saturated rings. The van der Waals surface area contributed by atoms with Crippen molar-refractivity contribution in [2.75, 3.05) is 0 Å². The first-order valence-electron chi connectivity index (χ1n) is 8.05. The van der Waals surface area contributed by atoms with Gasteiger partial charge in [0.2, 0.25) is 11.8 Å². The number of nitrogens with one attached hydrogen (secondary N) is 1. The Kier molecular flexibility index (Phi) is 5.07. The molecule has 0 bridgehead atoms. The molecule has 7 nitrogen and oxygen atoms in total. The number of aromatic nitrogens is 1. The summed E-state index contributed by atoms with van der Waals surface area (Å²) in [5, 5.41) is 13.7. The van der Waals surface area contributed by atoms with E-state index < -0.39 is 4.92 Å². The van der Waals surface area contributed by atoms with Crippen LogP contribution in [-0.2, 0) is 17.8 Å². The Balaban J connectivity index is 1.66. The van der Waals surface area contributed by atoms with Crippen LogP contribution in [0.15, 0.2) is 59.0 Å². The lowest BCUT2D eigenvalue weighted by molar-refractivity contribution is -0.385. The third-order valence-corrected chi connectivity index (χ3v) is 3.91. The summed E-state index contributed by atoms with van der Waals surface area (Å²) in [6.45, 7) is 1.84. The molecule has 0 aliphatic rings. The summed E-state index contributed by atoms with van der Waals surface area (Å²) in [4.78, 5) is 27.1. The van der Waals surface area contributed by atoms with Crippen molar-refractivity contribution in [3.63, 3.8) is 0 Å². The van der Waals surface area contributed by atoms with Gasteiger partial charge in [0.15, 0.2) is 0 Å². The molecule has 2 aromatic carbocycles. The first-order chi connectivity index (χ1) is 12.5. The fourth-order valence-corrected chi connectivity index (χ4v) is 2.54. The van der Waals surface area contributed by atoms with Gasteiger partial charge >= 0.3 is 0 Å². The minimum atomic E-state index is -0.463. The van der Waals surface area contributed by atoms with Crippen molar-refractivity contribution in [2.24, 2.45) is 0 Å². The van der Waals surface area contributed by atoms with E-state index in [1.807, 2.05) is 30.3 Å². The second-order valence-corrected chi connectivity index (χ2v) is 5.73. The van der Waals surface area contributed by atoms with Crippen molar-refractivity contribution in [1.82, 2.24) is 10.3 Å². The fraction of sp³-hybridized carbons (Fsp3) is 0.158. The Hall–Kier alpha value is -3.48. The van der Waals surface area contributed by atoms with E-state index in [1.54, 1.807) is 25.1 Å². The number of oxazole rings is 1. The van der Waals surface area contributed by atoms with Crippen molar-refractivity contribution < 1.29 is 14.1 Å². The maximum absolute atomic E-state index is 12.2. The maximum Gasteiger partial charge on any atom is 0.274 e. The van der Waals surface area contributed by atoms with E-state index in [2.05, 4.69) is 10.3 Å². The maximum atomic E-state index is 12.2. The summed E-state index contributed by atoms with van der Waals surface area (Å²) in [5.74, 6) is 0.758. The molecule has 1 heterocycles. The fourth-order valence-electron chi connectivity index (χ4n) is 2.54. The summed E-state index contributed by atoms with van der Waals surface area (Å²) in [6, 6.07) is 15.7. The third kappa shape index (κ3) is 3.94. The van der Waals surface area contributed by atoms with Crippen LogP contribution in [0.25, 0.3) is 11.5 Å². The Morgan fingerprint density at radius 3 is 2.58 bits per heavy atom. The Morgan fingerprint density at radius 2 is 1.85 bits per heavy atom. The average molecular weight is 351 g/mol. The van der Waals surface area contributed by atoms with Crippen molar-refractivity contribution in [1.29, 1.82) is 0 Å². The van der Waals surface area contributed by atoms with E-state index in [-0.39, 0.29) is 24.6 Å². The Morgan fingerprint density at radius 1 is 1.15 bits per heavy atom. The van der Waals surface area contributed by atoms with Crippen molar-refractivity contribution in [2.45, 2.75) is 19.9 Å². The lowest BCUT2D eigenvalue weighted by Crippen LogP contribution is -2.25. The van der Waals surface area contributed by atoms with Gasteiger partial charge in [0.25, 0.3) is 5.69 Å². The highest BCUT2D eigenvalue weighted by atomic mass is 16.6. The van der Waals surface area contributed by atoms with Crippen molar-refractivity contribution >= 4 is 11.6 Å². The third-order valence-electron chi connectivity index (χ3n) is 3.91. The number of carbonyl (C=O) groups excluding carboxylic acids is 1. The minimum Gasteiger partial charge on any atom is -0.441 e. The minimum absolute atomic E-state index is 0.0169. The van der Waals surface area contributed by atoms with Gasteiger partial charge in [0, 0.05) is 23.7 Å². The van der Waals surface area contributed by atoms with Crippen LogP contribution in [0.4, 0.5) is 5.69 Å². The molecule has 1 aromatic heterocycles. The number of benzene rings is 2. The zero-order chi connectivity index (χ0) is 18.5. The molecule has 1 N–H and O–H groups in total. The van der Waals surface area contributed by atoms with Gasteiger partial charge in [-0.05, 0) is 19.1 Å². The molecular weight excluding hydrogens is 334 g/mol. The van der Waals surface area contributed by atoms with Crippen LogP contribution in [0.2, 0.25) is 0 Å². The molecule has 7 heteroatoms. The molecule has 0 saturated carbocycles. The van der Waals surface area contributed by atoms with E-state index in [0.29, 0.717) is 22.9 Å². The van der Waals surface area contributed by atoms with E-state index >= 15 is 0 Å². The normalized spacial score (nSPS) is 10.5. The summed E-state index contributed by atoms with van der Waals surface area (Å²) in [7, 11) is 0. The van der Waals surface area contributed by atoms with E-state index in [9.17, 15) is 14.9 Å². The highest BCUT2D eigenvalue weighted by Gasteiger charge is 2.16. The first kappa shape index (κ1) is 17.3. The number of aryl methyl sites for hydroxylation is 1. The molecule has 132 valence electrons. The van der Waals surface area contributed by atoms with E-state index in [4.69, 9.17) is 4.42 Å². The van der Waals surface area contributed by atoms with E-state index in [1.165, 1.54) is 6.07 Å². The predicted octanol–water partition coefficient (Wildman–Crippen LogP) is 3.42. The van der Waals surface area contributed by atoms with Crippen LogP contribution >= 0.6 is 0 Å². The number of nitrogens with zero attached hydrogens (tertiary/aromatic N) is 2. The molecule has 0 atom stereocenters. The average Bonchev–Trinajstić information content (AvgIpc) is 3.01. The van der Waals surface area contributed by atoms with Crippen LogP contribution in [0, 0.1) is 17.0 Å². The second-order valence-electron chi connectivity index (χ2n) is 5.73. The zero-order valence-corrected chi connectivity index (χ0v) is 14.1. The largest absolute Gasteiger partial charge is 0.441 e. The number of para-hydroxylation sites is 1. The molecule has 3 aromatic rings. The lowest BCUT2D eigenvalue weighted by atomic mass is 10.1. The molecule has 0 aliphatic heterocycles. The molecule has 3 rings (SSSR count). The number of rotatable bonds is 6. The summed E-state index contributed by atoms with van der Waals surface area (Å²) >= 11 is 0. The van der Waals surface area contributed by atoms with Gasteiger partial charge in [-0.2, -0.15) is 0 Å². The number of carbonyl (C=O) groups is 1. The summed E-state index contributed by atoms with van der Waals surface area (Å²) in [5.41, 5.74) is 1.82. The van der Waals surface area contributed by atoms with Crippen LogP contribution in [0.5, 0.6) is 0 Å². The molecule has 0 spiro atoms. The monoisotopic (exact) mass is 351 g/mol. The van der Waals surface area contributed by atoms with Crippen molar-refractivity contribution in [3.05, 3.63) is 81.7 Å². The van der Waals surface area contributed by atoms with E-state index in [0.717, 1.165) is 5.56 Å². The molecule has 0 aliphatic carbocycles. The first-order valence-corrected chi connectivity index (χ1v) is 8.05. The van der Waals surface area contributed by atoms with Crippen molar-refractivity contribution in [3.8, 4) is 11.5 Å². The SMILES string of the molecule is Cc1oc(-c2ccccc2)nc1CC(=O)NCc1ccccc1[N+](=O)[O-]. The topological polar surface area (TPSA) is 98.3 Å².